The van der Waals surface area contributed by atoms with Gasteiger partial charge >= 0.3 is 0 Å². The van der Waals surface area contributed by atoms with Crippen LogP contribution in [0, 0.1) is 15.9 Å². The van der Waals surface area contributed by atoms with Gasteiger partial charge in [-0.2, -0.15) is 0 Å². The third kappa shape index (κ3) is 3.92. The lowest BCUT2D eigenvalue weighted by Crippen LogP contribution is -2.63. The number of halogens is 1. The van der Waals surface area contributed by atoms with E-state index >= 15 is 0 Å². The first-order valence-corrected chi connectivity index (χ1v) is 12.1. The number of nitro groups is 1. The lowest BCUT2D eigenvalue weighted by atomic mass is 9.86. The van der Waals surface area contributed by atoms with Crippen LogP contribution in [0.3, 0.4) is 0 Å². The van der Waals surface area contributed by atoms with E-state index in [4.69, 9.17) is 0 Å². The van der Waals surface area contributed by atoms with Crippen LogP contribution in [0.15, 0.2) is 72.8 Å². The molecule has 3 aromatic carbocycles. The highest BCUT2D eigenvalue weighted by molar-refractivity contribution is 5.97. The minimum absolute atomic E-state index is 0.0750. The number of hydrogen-bond acceptors (Lipinski definition) is 4. The molecule has 1 saturated heterocycles. The number of piperazine rings is 1. The molecule has 1 N–H and O–H groups in total. The largest absolute Gasteiger partial charge is 0.356 e. The van der Waals surface area contributed by atoms with Crippen molar-refractivity contribution in [1.29, 1.82) is 0 Å². The van der Waals surface area contributed by atoms with Crippen molar-refractivity contribution in [3.05, 3.63) is 111 Å². The second-order valence-corrected chi connectivity index (χ2v) is 9.47. The highest BCUT2D eigenvalue weighted by Crippen LogP contribution is 2.43. The summed E-state index contributed by atoms with van der Waals surface area (Å²) in [5, 5.41) is 12.5. The van der Waals surface area contributed by atoms with Gasteiger partial charge in [0.15, 0.2) is 0 Å². The lowest BCUT2D eigenvalue weighted by Gasteiger charge is -2.47. The van der Waals surface area contributed by atoms with E-state index in [0.29, 0.717) is 24.9 Å². The van der Waals surface area contributed by atoms with Crippen molar-refractivity contribution < 1.29 is 18.9 Å². The molecule has 37 heavy (non-hydrogen) atoms. The number of aromatic nitrogens is 1. The Morgan fingerprint density at radius 1 is 1.03 bits per heavy atom. The quantitative estimate of drug-likeness (QED) is 0.330. The molecule has 6 rings (SSSR count). The number of carbonyl (C=O) groups is 2. The molecule has 2 aliphatic rings. The molecule has 0 saturated carbocycles. The van der Waals surface area contributed by atoms with Gasteiger partial charge in [-0.1, -0.05) is 42.5 Å². The van der Waals surface area contributed by atoms with Crippen molar-refractivity contribution >= 4 is 28.4 Å². The van der Waals surface area contributed by atoms with E-state index in [2.05, 4.69) is 4.98 Å². The molecule has 186 valence electrons. The third-order valence-electron chi connectivity index (χ3n) is 7.32. The molecule has 1 unspecified atom stereocenters. The van der Waals surface area contributed by atoms with Crippen molar-refractivity contribution in [3.63, 3.8) is 0 Å². The zero-order valence-electron chi connectivity index (χ0n) is 19.8. The smallest absolute Gasteiger partial charge is 0.269 e. The number of benzene rings is 3. The van der Waals surface area contributed by atoms with Crippen LogP contribution in [-0.2, 0) is 22.4 Å². The van der Waals surface area contributed by atoms with Gasteiger partial charge in [-0.25, -0.2) is 4.39 Å². The minimum atomic E-state index is -0.731. The van der Waals surface area contributed by atoms with E-state index in [1.165, 1.54) is 24.3 Å². The Balaban J connectivity index is 1.40. The van der Waals surface area contributed by atoms with E-state index in [9.17, 15) is 24.1 Å². The SMILES string of the molecule is O=C1[C@@H]2Cc3c([nH]c4ccccc34)C(c3cccc([N+](=O)[O-])c3)N2C(=O)CN1CCc1ccc(F)cc1. The number of nitrogens with zero attached hydrogens (tertiary/aromatic N) is 3. The second-order valence-electron chi connectivity index (χ2n) is 9.47. The summed E-state index contributed by atoms with van der Waals surface area (Å²) in [7, 11) is 0. The Labute approximate surface area is 211 Å². The van der Waals surface area contributed by atoms with E-state index in [-0.39, 0.29) is 29.9 Å². The first kappa shape index (κ1) is 22.9. The van der Waals surface area contributed by atoms with Crippen LogP contribution >= 0.6 is 0 Å². The number of carbonyl (C=O) groups excluding carboxylic acids is 2. The lowest BCUT2D eigenvalue weighted by molar-refractivity contribution is -0.384. The van der Waals surface area contributed by atoms with Crippen molar-refractivity contribution in [1.82, 2.24) is 14.8 Å². The summed E-state index contributed by atoms with van der Waals surface area (Å²) in [6.07, 6.45) is 0.848. The first-order chi connectivity index (χ1) is 17.9. The highest BCUT2D eigenvalue weighted by Gasteiger charge is 2.48. The van der Waals surface area contributed by atoms with Gasteiger partial charge in [0.05, 0.1) is 17.5 Å². The predicted octanol–water partition coefficient (Wildman–Crippen LogP) is 4.14. The maximum Gasteiger partial charge on any atom is 0.269 e. The molecule has 3 heterocycles. The van der Waals surface area contributed by atoms with Crippen molar-refractivity contribution in [2.24, 2.45) is 0 Å². The second kappa shape index (κ2) is 8.85. The number of nitrogens with one attached hydrogen (secondary N) is 1. The van der Waals surface area contributed by atoms with E-state index in [1.54, 1.807) is 34.1 Å². The van der Waals surface area contributed by atoms with Crippen molar-refractivity contribution in [2.45, 2.75) is 24.9 Å². The number of H-pyrrole nitrogens is 1. The van der Waals surface area contributed by atoms with E-state index < -0.39 is 17.0 Å². The molecule has 9 heteroatoms. The number of nitro benzene ring substituents is 1. The van der Waals surface area contributed by atoms with Crippen LogP contribution in [0.1, 0.15) is 28.4 Å². The number of para-hydroxylation sites is 1. The summed E-state index contributed by atoms with van der Waals surface area (Å²) in [6.45, 7) is 0.250. The summed E-state index contributed by atoms with van der Waals surface area (Å²) >= 11 is 0. The Kier molecular flexibility index (Phi) is 5.48. The molecule has 2 aliphatic heterocycles. The Morgan fingerprint density at radius 2 is 1.81 bits per heavy atom. The molecule has 0 radical (unpaired) electrons. The average Bonchev–Trinajstić information content (AvgIpc) is 3.28. The predicted molar refractivity (Wildman–Crippen MR) is 134 cm³/mol. The number of hydrogen-bond donors (Lipinski definition) is 1. The Bertz CT molecular complexity index is 1550. The van der Waals surface area contributed by atoms with Gasteiger partial charge in [-0.05, 0) is 41.3 Å². The number of non-ortho nitro benzene ring substituents is 1. The fourth-order valence-electron chi connectivity index (χ4n) is 5.58. The first-order valence-electron chi connectivity index (χ1n) is 12.1. The van der Waals surface area contributed by atoms with E-state index in [1.807, 2.05) is 24.3 Å². The number of aromatic amines is 1. The summed E-state index contributed by atoms with van der Waals surface area (Å²) in [5.74, 6) is -0.704. The summed E-state index contributed by atoms with van der Waals surface area (Å²) in [6, 6.07) is 18.7. The zero-order chi connectivity index (χ0) is 25.7. The highest BCUT2D eigenvalue weighted by atomic mass is 19.1. The molecule has 4 aromatic rings. The normalized spacial score (nSPS) is 19.2. The number of amides is 2. The van der Waals surface area contributed by atoms with E-state index in [0.717, 1.165) is 27.7 Å². The van der Waals surface area contributed by atoms with Crippen molar-refractivity contribution in [2.75, 3.05) is 13.1 Å². The van der Waals surface area contributed by atoms with Gasteiger partial charge in [0, 0.05) is 41.7 Å². The number of fused-ring (bicyclic) bond motifs is 4. The molecular formula is C28H23FN4O4. The summed E-state index contributed by atoms with van der Waals surface area (Å²) in [5.41, 5.74) is 3.98. The monoisotopic (exact) mass is 498 g/mol. The Hall–Kier alpha value is -4.53. The van der Waals surface area contributed by atoms with Gasteiger partial charge in [0.2, 0.25) is 11.8 Å². The maximum absolute atomic E-state index is 13.8. The Morgan fingerprint density at radius 3 is 2.59 bits per heavy atom. The molecule has 0 aliphatic carbocycles. The average molecular weight is 499 g/mol. The summed E-state index contributed by atoms with van der Waals surface area (Å²) < 4.78 is 13.3. The van der Waals surface area contributed by atoms with Gasteiger partial charge in [0.1, 0.15) is 11.9 Å². The van der Waals surface area contributed by atoms with Crippen molar-refractivity contribution in [3.8, 4) is 0 Å². The maximum atomic E-state index is 13.8. The van der Waals surface area contributed by atoms with Crippen LogP contribution in [0.25, 0.3) is 10.9 Å². The minimum Gasteiger partial charge on any atom is -0.356 e. The van der Waals surface area contributed by atoms with Gasteiger partial charge in [-0.3, -0.25) is 19.7 Å². The molecule has 1 fully saturated rings. The number of rotatable bonds is 5. The third-order valence-corrected chi connectivity index (χ3v) is 7.32. The van der Waals surface area contributed by atoms with Crippen LogP contribution in [-0.4, -0.2) is 50.7 Å². The molecule has 2 atom stereocenters. The van der Waals surface area contributed by atoms with Crippen LogP contribution in [0.2, 0.25) is 0 Å². The molecule has 8 nitrogen and oxygen atoms in total. The van der Waals surface area contributed by atoms with Crippen LogP contribution < -0.4 is 0 Å². The van der Waals surface area contributed by atoms with Crippen LogP contribution in [0.5, 0.6) is 0 Å². The van der Waals surface area contributed by atoms with Crippen LogP contribution in [0.4, 0.5) is 10.1 Å². The van der Waals surface area contributed by atoms with Gasteiger partial charge in [0.25, 0.3) is 5.69 Å². The topological polar surface area (TPSA) is 99.5 Å². The molecule has 0 bridgehead atoms. The van der Waals surface area contributed by atoms with Gasteiger partial charge in [-0.15, -0.1) is 0 Å². The molecule has 1 aromatic heterocycles. The molecule has 0 spiro atoms. The summed E-state index contributed by atoms with van der Waals surface area (Å²) in [4.78, 5) is 45.0. The fraction of sp³-hybridized carbons (Fsp3) is 0.214. The standard InChI is InChI=1S/C28H23FN4O4/c29-19-10-8-17(9-11-19)12-13-31-16-25(34)32-24(28(31)35)15-22-21-6-1-2-7-23(21)30-26(22)27(32)18-4-3-5-20(14-18)33(36)37/h1-11,14,24,27,30H,12-13,15-16H2/t24-,27?/m0/s1. The zero-order valence-corrected chi connectivity index (χ0v) is 19.8. The molecule has 2 amide bonds. The molecular weight excluding hydrogens is 475 g/mol. The van der Waals surface area contributed by atoms with Gasteiger partial charge < -0.3 is 14.8 Å². The fourth-order valence-corrected chi connectivity index (χ4v) is 5.58.